The Balaban J connectivity index is 2.47. The topological polar surface area (TPSA) is 30.5 Å². The van der Waals surface area contributed by atoms with E-state index in [1.807, 2.05) is 0 Å². The zero-order chi connectivity index (χ0) is 15.2. The fourth-order valence-corrected chi connectivity index (χ4v) is 3.13. The van der Waals surface area contributed by atoms with Crippen molar-refractivity contribution in [2.24, 2.45) is 11.3 Å². The predicted octanol–water partition coefficient (Wildman–Crippen LogP) is 3.62. The lowest BCUT2D eigenvalue weighted by atomic mass is 9.68. The van der Waals surface area contributed by atoms with Gasteiger partial charge in [-0.05, 0) is 51.5 Å². The fraction of sp³-hybridized carbons (Fsp3) is 1.00. The summed E-state index contributed by atoms with van der Waals surface area (Å²) in [5.41, 5.74) is 0.425. The molecule has 0 radical (unpaired) electrons. The van der Waals surface area contributed by atoms with Gasteiger partial charge in [0, 0.05) is 6.04 Å². The zero-order valence-electron chi connectivity index (χ0n) is 14.4. The quantitative estimate of drug-likeness (QED) is 0.691. The third-order valence-corrected chi connectivity index (χ3v) is 5.05. The number of rotatable bonds is 8. The van der Waals surface area contributed by atoms with Gasteiger partial charge in [0.1, 0.15) is 0 Å². The van der Waals surface area contributed by atoms with Crippen LogP contribution in [0.5, 0.6) is 0 Å². The van der Waals surface area contributed by atoms with Crippen LogP contribution >= 0.6 is 0 Å². The molecule has 0 aromatic carbocycles. The molecule has 3 heteroatoms. The van der Waals surface area contributed by atoms with E-state index in [2.05, 4.69) is 47.0 Å². The lowest BCUT2D eigenvalue weighted by molar-refractivity contribution is -0.0565. The third-order valence-electron chi connectivity index (χ3n) is 5.05. The predicted molar refractivity (Wildman–Crippen MR) is 85.1 cm³/mol. The highest BCUT2D eigenvalue weighted by Crippen LogP contribution is 2.41. The number of likely N-dealkylation sites (N-methyl/N-ethyl adjacent to an activating group) is 1. The summed E-state index contributed by atoms with van der Waals surface area (Å²) >= 11 is 0. The molecule has 1 aliphatic rings. The standard InChI is InChI=1S/C17H35NO2/c1-7-17(4,5)14-8-9-15(18-6)16(12-14)20-11-10-19-13(2)3/h13-16,18H,7-12H2,1-6H3. The minimum absolute atomic E-state index is 0.289. The second kappa shape index (κ2) is 8.35. The summed E-state index contributed by atoms with van der Waals surface area (Å²) in [6.07, 6.45) is 5.57. The molecule has 3 nitrogen and oxygen atoms in total. The van der Waals surface area contributed by atoms with Gasteiger partial charge >= 0.3 is 0 Å². The molecular formula is C17H35NO2. The second-order valence-electron chi connectivity index (χ2n) is 7.08. The third kappa shape index (κ3) is 5.34. The van der Waals surface area contributed by atoms with Gasteiger partial charge in [0.05, 0.1) is 25.4 Å². The zero-order valence-corrected chi connectivity index (χ0v) is 14.4. The normalized spacial score (nSPS) is 28.1. The Bertz CT molecular complexity index is 266. The van der Waals surface area contributed by atoms with Crippen molar-refractivity contribution >= 4 is 0 Å². The van der Waals surface area contributed by atoms with Crippen molar-refractivity contribution in [2.45, 2.75) is 78.6 Å². The monoisotopic (exact) mass is 285 g/mol. The minimum Gasteiger partial charge on any atom is -0.376 e. The van der Waals surface area contributed by atoms with Crippen molar-refractivity contribution in [3.8, 4) is 0 Å². The maximum atomic E-state index is 6.12. The Morgan fingerprint density at radius 1 is 1.20 bits per heavy atom. The van der Waals surface area contributed by atoms with Crippen LogP contribution in [0.15, 0.2) is 0 Å². The molecule has 120 valence electrons. The van der Waals surface area contributed by atoms with Crippen LogP contribution in [0.2, 0.25) is 0 Å². The van der Waals surface area contributed by atoms with E-state index in [-0.39, 0.29) is 6.10 Å². The highest BCUT2D eigenvalue weighted by molar-refractivity contribution is 4.90. The van der Waals surface area contributed by atoms with Crippen LogP contribution in [0.3, 0.4) is 0 Å². The Morgan fingerprint density at radius 2 is 1.90 bits per heavy atom. The largest absolute Gasteiger partial charge is 0.376 e. The van der Waals surface area contributed by atoms with Crippen LogP contribution in [0, 0.1) is 11.3 Å². The first-order chi connectivity index (χ1) is 9.40. The molecule has 1 rings (SSSR count). The first kappa shape index (κ1) is 17.9. The lowest BCUT2D eigenvalue weighted by Crippen LogP contribution is -2.46. The second-order valence-corrected chi connectivity index (χ2v) is 7.08. The molecule has 20 heavy (non-hydrogen) atoms. The van der Waals surface area contributed by atoms with Crippen molar-refractivity contribution in [3.05, 3.63) is 0 Å². The van der Waals surface area contributed by atoms with E-state index in [0.29, 0.717) is 30.8 Å². The maximum Gasteiger partial charge on any atom is 0.0731 e. The number of nitrogens with one attached hydrogen (secondary N) is 1. The van der Waals surface area contributed by atoms with Gasteiger partial charge in [-0.1, -0.05) is 27.2 Å². The van der Waals surface area contributed by atoms with Gasteiger partial charge in [0.2, 0.25) is 0 Å². The van der Waals surface area contributed by atoms with Gasteiger partial charge in [0.15, 0.2) is 0 Å². The van der Waals surface area contributed by atoms with Crippen molar-refractivity contribution in [1.82, 2.24) is 5.32 Å². The Morgan fingerprint density at radius 3 is 2.45 bits per heavy atom. The van der Waals surface area contributed by atoms with E-state index in [0.717, 1.165) is 5.92 Å². The Hall–Kier alpha value is -0.120. The van der Waals surface area contributed by atoms with Crippen molar-refractivity contribution in [2.75, 3.05) is 20.3 Å². The van der Waals surface area contributed by atoms with Gasteiger partial charge in [-0.25, -0.2) is 0 Å². The molecule has 0 spiro atoms. The summed E-state index contributed by atoms with van der Waals surface area (Å²) in [4.78, 5) is 0. The van der Waals surface area contributed by atoms with Crippen LogP contribution in [0.25, 0.3) is 0 Å². The molecule has 1 saturated carbocycles. The molecule has 0 aromatic heterocycles. The van der Waals surface area contributed by atoms with Gasteiger partial charge < -0.3 is 14.8 Å². The van der Waals surface area contributed by atoms with Gasteiger partial charge in [0.25, 0.3) is 0 Å². The first-order valence-corrected chi connectivity index (χ1v) is 8.31. The summed E-state index contributed by atoms with van der Waals surface area (Å²) in [5.74, 6) is 0.771. The molecule has 0 aliphatic heterocycles. The van der Waals surface area contributed by atoms with E-state index in [9.17, 15) is 0 Å². The molecule has 3 unspecified atom stereocenters. The molecule has 0 saturated heterocycles. The molecule has 0 heterocycles. The number of ether oxygens (including phenoxy) is 2. The highest BCUT2D eigenvalue weighted by Gasteiger charge is 2.37. The maximum absolute atomic E-state index is 6.12. The lowest BCUT2D eigenvalue weighted by Gasteiger charge is -2.43. The summed E-state index contributed by atoms with van der Waals surface area (Å²) < 4.78 is 11.7. The average molecular weight is 285 g/mol. The summed E-state index contributed by atoms with van der Waals surface area (Å²) in [6.45, 7) is 12.6. The van der Waals surface area contributed by atoms with E-state index < -0.39 is 0 Å². The molecule has 3 atom stereocenters. The minimum atomic E-state index is 0.289. The fourth-order valence-electron chi connectivity index (χ4n) is 3.13. The highest BCUT2D eigenvalue weighted by atomic mass is 16.5. The van der Waals surface area contributed by atoms with Crippen molar-refractivity contribution < 1.29 is 9.47 Å². The van der Waals surface area contributed by atoms with E-state index in [1.54, 1.807) is 0 Å². The summed E-state index contributed by atoms with van der Waals surface area (Å²) in [6, 6.07) is 0.498. The van der Waals surface area contributed by atoms with Crippen LogP contribution in [-0.4, -0.2) is 38.5 Å². The van der Waals surface area contributed by atoms with Gasteiger partial charge in [-0.2, -0.15) is 0 Å². The summed E-state index contributed by atoms with van der Waals surface area (Å²) in [5, 5.41) is 3.43. The van der Waals surface area contributed by atoms with Crippen LogP contribution < -0.4 is 5.32 Å². The van der Waals surface area contributed by atoms with Gasteiger partial charge in [-0.15, -0.1) is 0 Å². The van der Waals surface area contributed by atoms with E-state index >= 15 is 0 Å². The molecule has 1 N–H and O–H groups in total. The van der Waals surface area contributed by atoms with E-state index in [1.165, 1.54) is 25.7 Å². The van der Waals surface area contributed by atoms with Gasteiger partial charge in [-0.3, -0.25) is 0 Å². The van der Waals surface area contributed by atoms with Crippen LogP contribution in [0.1, 0.15) is 60.3 Å². The molecule has 0 amide bonds. The Labute approximate surface area is 125 Å². The SMILES string of the molecule is CCC(C)(C)C1CCC(NC)C(OCCOC(C)C)C1. The number of hydrogen-bond donors (Lipinski definition) is 1. The molecule has 1 fully saturated rings. The van der Waals surface area contributed by atoms with E-state index in [4.69, 9.17) is 9.47 Å². The summed E-state index contributed by atoms with van der Waals surface area (Å²) in [7, 11) is 2.05. The first-order valence-electron chi connectivity index (χ1n) is 8.31. The molecular weight excluding hydrogens is 250 g/mol. The Kier molecular flexibility index (Phi) is 7.49. The molecule has 1 aliphatic carbocycles. The molecule has 0 bridgehead atoms. The van der Waals surface area contributed by atoms with Crippen molar-refractivity contribution in [1.29, 1.82) is 0 Å². The smallest absolute Gasteiger partial charge is 0.0731 e. The number of hydrogen-bond acceptors (Lipinski definition) is 3. The van der Waals surface area contributed by atoms with Crippen LogP contribution in [0.4, 0.5) is 0 Å². The molecule has 0 aromatic rings. The average Bonchev–Trinajstić information content (AvgIpc) is 2.43. The van der Waals surface area contributed by atoms with Crippen molar-refractivity contribution in [3.63, 3.8) is 0 Å². The van der Waals surface area contributed by atoms with Crippen LogP contribution in [-0.2, 0) is 9.47 Å².